The van der Waals surface area contributed by atoms with Crippen LogP contribution in [0, 0.1) is 0 Å². The summed E-state index contributed by atoms with van der Waals surface area (Å²) in [5.74, 6) is 1.82. The van der Waals surface area contributed by atoms with Gasteiger partial charge in [0.1, 0.15) is 0 Å². The van der Waals surface area contributed by atoms with E-state index in [0.29, 0.717) is 29.0 Å². The lowest BCUT2D eigenvalue weighted by Gasteiger charge is -2.28. The first-order valence-corrected chi connectivity index (χ1v) is 9.25. The molecular formula is C17H21N11. The summed E-state index contributed by atoms with van der Waals surface area (Å²) in [6, 6.07) is 4.23. The lowest BCUT2D eigenvalue weighted by atomic mass is 10.1. The Balaban J connectivity index is 1.38. The minimum absolute atomic E-state index is 0.435. The summed E-state index contributed by atoms with van der Waals surface area (Å²) in [4.78, 5) is 11.2. The van der Waals surface area contributed by atoms with Crippen LogP contribution in [-0.2, 0) is 7.05 Å². The van der Waals surface area contributed by atoms with Crippen molar-refractivity contribution in [3.8, 4) is 5.82 Å². The van der Waals surface area contributed by atoms with Crippen molar-refractivity contribution < 1.29 is 0 Å². The third kappa shape index (κ3) is 3.09. The molecule has 0 aromatic carbocycles. The summed E-state index contributed by atoms with van der Waals surface area (Å²) in [5, 5.41) is 20.4. The maximum absolute atomic E-state index is 4.66. The van der Waals surface area contributed by atoms with Crippen molar-refractivity contribution in [2.75, 3.05) is 25.5 Å². The van der Waals surface area contributed by atoms with E-state index in [1.54, 1.807) is 15.6 Å². The molecule has 0 unspecified atom stereocenters. The molecule has 0 saturated carbocycles. The maximum atomic E-state index is 4.66. The normalized spacial score (nSPS) is 16.1. The van der Waals surface area contributed by atoms with Crippen LogP contribution >= 0.6 is 0 Å². The molecular weight excluding hydrogens is 358 g/mol. The average Bonchev–Trinajstić information content (AvgIpc) is 3.42. The highest BCUT2D eigenvalue weighted by molar-refractivity contribution is 5.72. The van der Waals surface area contributed by atoms with E-state index in [2.05, 4.69) is 47.7 Å². The number of anilines is 2. The van der Waals surface area contributed by atoms with Gasteiger partial charge < -0.3 is 10.2 Å². The average molecular weight is 379 g/mol. The quantitative estimate of drug-likeness (QED) is 0.563. The van der Waals surface area contributed by atoms with E-state index >= 15 is 0 Å². The molecule has 11 heteroatoms. The number of piperidine rings is 1. The number of nitrogens with one attached hydrogen (secondary N) is 1. The molecule has 0 radical (unpaired) electrons. The smallest absolute Gasteiger partial charge is 0.230 e. The number of likely N-dealkylation sites (tertiary alicyclic amines) is 1. The molecule has 0 spiro atoms. The topological polar surface area (TPSA) is 107 Å². The fraction of sp³-hybridized carbons (Fsp3) is 0.412. The van der Waals surface area contributed by atoms with Crippen LogP contribution in [0.15, 0.2) is 30.7 Å². The van der Waals surface area contributed by atoms with Crippen LogP contribution in [-0.4, -0.2) is 69.6 Å². The van der Waals surface area contributed by atoms with Gasteiger partial charge in [-0.1, -0.05) is 5.21 Å². The highest BCUT2D eigenvalue weighted by atomic mass is 15.5. The van der Waals surface area contributed by atoms with Gasteiger partial charge in [-0.25, -0.2) is 4.98 Å². The summed E-state index contributed by atoms with van der Waals surface area (Å²) in [6.07, 6.45) is 7.71. The monoisotopic (exact) mass is 379 g/mol. The van der Waals surface area contributed by atoms with Crippen LogP contribution in [0.3, 0.4) is 0 Å². The number of fused-ring (bicyclic) bond motifs is 1. The van der Waals surface area contributed by atoms with Crippen molar-refractivity contribution in [1.82, 2.24) is 49.4 Å². The molecule has 0 aliphatic carbocycles. The van der Waals surface area contributed by atoms with Crippen molar-refractivity contribution in [2.45, 2.75) is 18.9 Å². The third-order valence-electron chi connectivity index (χ3n) is 5.02. The Hall–Kier alpha value is -3.34. The predicted molar refractivity (Wildman–Crippen MR) is 102 cm³/mol. The maximum Gasteiger partial charge on any atom is 0.230 e. The molecule has 11 nitrogen and oxygen atoms in total. The second-order valence-electron chi connectivity index (χ2n) is 7.09. The van der Waals surface area contributed by atoms with E-state index in [1.165, 1.54) is 0 Å². The van der Waals surface area contributed by atoms with Crippen LogP contribution in [0.5, 0.6) is 0 Å². The Morgan fingerprint density at radius 2 is 1.93 bits per heavy atom. The first-order valence-electron chi connectivity index (χ1n) is 9.25. The zero-order valence-corrected chi connectivity index (χ0v) is 15.8. The standard InChI is InChI=1S/C17H21N11/c1-25-7-3-12(4-8-25)27-10-5-14(22-27)19-17-18-11-13-16(20-17)28(24-21-13)15-6-9-26(2)23-15/h5-6,9-12H,3-4,7-8H2,1-2H3,(H,18,19,20,22). The fourth-order valence-corrected chi connectivity index (χ4v) is 3.44. The predicted octanol–water partition coefficient (Wildman–Crippen LogP) is 1.15. The summed E-state index contributed by atoms with van der Waals surface area (Å²) in [7, 11) is 4.01. The van der Waals surface area contributed by atoms with E-state index in [9.17, 15) is 0 Å². The molecule has 1 aliphatic heterocycles. The van der Waals surface area contributed by atoms with Crippen molar-refractivity contribution in [3.05, 3.63) is 30.7 Å². The highest BCUT2D eigenvalue weighted by Crippen LogP contribution is 2.23. The lowest BCUT2D eigenvalue weighted by molar-refractivity contribution is 0.212. The number of nitrogens with zero attached hydrogens (tertiary/aromatic N) is 10. The second kappa shape index (κ2) is 6.68. The van der Waals surface area contributed by atoms with Gasteiger partial charge in [0.2, 0.25) is 5.95 Å². The molecule has 1 N–H and O–H groups in total. The molecule has 1 aliphatic rings. The van der Waals surface area contributed by atoms with Gasteiger partial charge in [0.25, 0.3) is 0 Å². The Morgan fingerprint density at radius 3 is 2.71 bits per heavy atom. The fourth-order valence-electron chi connectivity index (χ4n) is 3.44. The van der Waals surface area contributed by atoms with Crippen molar-refractivity contribution in [2.24, 2.45) is 7.05 Å². The molecule has 0 bridgehead atoms. The molecule has 0 amide bonds. The third-order valence-corrected chi connectivity index (χ3v) is 5.02. The number of hydrogen-bond acceptors (Lipinski definition) is 8. The highest BCUT2D eigenvalue weighted by Gasteiger charge is 2.19. The van der Waals surface area contributed by atoms with Crippen LogP contribution in [0.4, 0.5) is 11.8 Å². The van der Waals surface area contributed by atoms with E-state index in [4.69, 9.17) is 0 Å². The van der Waals surface area contributed by atoms with Crippen LogP contribution < -0.4 is 5.32 Å². The molecule has 5 heterocycles. The Labute approximate surface area is 161 Å². The summed E-state index contributed by atoms with van der Waals surface area (Å²) < 4.78 is 5.34. The number of aryl methyl sites for hydroxylation is 1. The van der Waals surface area contributed by atoms with Gasteiger partial charge >= 0.3 is 0 Å². The molecule has 1 saturated heterocycles. The molecule has 144 valence electrons. The Kier molecular flexibility index (Phi) is 4.01. The zero-order chi connectivity index (χ0) is 19.1. The zero-order valence-electron chi connectivity index (χ0n) is 15.8. The summed E-state index contributed by atoms with van der Waals surface area (Å²) in [6.45, 7) is 2.19. The van der Waals surface area contributed by atoms with Crippen molar-refractivity contribution >= 4 is 22.9 Å². The van der Waals surface area contributed by atoms with Gasteiger partial charge in [-0.3, -0.25) is 9.36 Å². The van der Waals surface area contributed by atoms with Gasteiger partial charge in [0.05, 0.1) is 12.2 Å². The van der Waals surface area contributed by atoms with Crippen molar-refractivity contribution in [3.63, 3.8) is 0 Å². The molecule has 4 aromatic rings. The van der Waals surface area contributed by atoms with Crippen LogP contribution in [0.1, 0.15) is 18.9 Å². The molecule has 5 rings (SSSR count). The Morgan fingerprint density at radius 1 is 1.07 bits per heavy atom. The van der Waals surface area contributed by atoms with E-state index in [1.807, 2.05) is 36.3 Å². The van der Waals surface area contributed by atoms with Gasteiger partial charge in [-0.15, -0.1) is 5.10 Å². The minimum Gasteiger partial charge on any atom is -0.307 e. The molecule has 4 aromatic heterocycles. The van der Waals surface area contributed by atoms with E-state index in [-0.39, 0.29) is 0 Å². The summed E-state index contributed by atoms with van der Waals surface area (Å²) >= 11 is 0. The summed E-state index contributed by atoms with van der Waals surface area (Å²) in [5.41, 5.74) is 1.19. The van der Waals surface area contributed by atoms with E-state index < -0.39 is 0 Å². The Bertz CT molecular complexity index is 1100. The number of hydrogen-bond donors (Lipinski definition) is 1. The van der Waals surface area contributed by atoms with E-state index in [0.717, 1.165) is 31.7 Å². The molecule has 28 heavy (non-hydrogen) atoms. The van der Waals surface area contributed by atoms with Crippen molar-refractivity contribution in [1.29, 1.82) is 0 Å². The first kappa shape index (κ1) is 16.8. The first-order chi connectivity index (χ1) is 13.7. The largest absolute Gasteiger partial charge is 0.307 e. The number of rotatable bonds is 4. The van der Waals surface area contributed by atoms with Gasteiger partial charge in [-0.05, 0) is 33.0 Å². The van der Waals surface area contributed by atoms with Crippen LogP contribution in [0.25, 0.3) is 17.0 Å². The lowest BCUT2D eigenvalue weighted by Crippen LogP contribution is -2.31. The van der Waals surface area contributed by atoms with Gasteiger partial charge in [0.15, 0.2) is 22.8 Å². The number of aromatic nitrogens is 9. The minimum atomic E-state index is 0.435. The van der Waals surface area contributed by atoms with Gasteiger partial charge in [0, 0.05) is 31.6 Å². The van der Waals surface area contributed by atoms with Gasteiger partial charge in [-0.2, -0.15) is 19.9 Å². The second-order valence-corrected chi connectivity index (χ2v) is 7.09. The SMILES string of the molecule is CN1CCC(n2ccc(Nc3ncc4nnn(-c5ccn(C)n5)c4n3)n2)CC1. The molecule has 0 atom stereocenters. The van der Waals surface area contributed by atoms with Crippen LogP contribution in [0.2, 0.25) is 0 Å². The molecule has 1 fully saturated rings.